The summed E-state index contributed by atoms with van der Waals surface area (Å²) >= 11 is 0. The van der Waals surface area contributed by atoms with Crippen molar-refractivity contribution >= 4 is 20.9 Å². The Balaban J connectivity index is 2.28. The highest BCUT2D eigenvalue weighted by Crippen LogP contribution is 2.45. The molecule has 3 aromatic rings. The van der Waals surface area contributed by atoms with Crippen molar-refractivity contribution in [3.05, 3.63) is 77.1 Å². The molecule has 0 aliphatic carbocycles. The van der Waals surface area contributed by atoms with Crippen LogP contribution in [0.5, 0.6) is 11.5 Å². The lowest BCUT2D eigenvalue weighted by Gasteiger charge is -2.19. The van der Waals surface area contributed by atoms with Crippen LogP contribution in [-0.4, -0.2) is 13.0 Å². The summed E-state index contributed by atoms with van der Waals surface area (Å²) in [4.78, 5) is -0.869. The van der Waals surface area contributed by atoms with Gasteiger partial charge in [0.25, 0.3) is 10.1 Å². The topological polar surface area (TPSA) is 63.6 Å². The van der Waals surface area contributed by atoms with E-state index in [4.69, 9.17) is 4.74 Å². The van der Waals surface area contributed by atoms with Crippen molar-refractivity contribution in [1.29, 1.82) is 0 Å². The predicted octanol–water partition coefficient (Wildman–Crippen LogP) is 6.60. The van der Waals surface area contributed by atoms with Gasteiger partial charge in [-0.05, 0) is 11.5 Å². The Hall–Kier alpha value is -3.26. The minimum atomic E-state index is -5.79. The molecule has 0 amide bonds. The van der Waals surface area contributed by atoms with Crippen molar-refractivity contribution in [3.8, 4) is 11.5 Å². The van der Waals surface area contributed by atoms with Gasteiger partial charge in [0.1, 0.15) is 11.3 Å². The number of fused-ring (bicyclic) bond motifs is 1. The molecule has 14 heteroatoms. The van der Waals surface area contributed by atoms with Crippen LogP contribution in [0, 0.1) is 23.3 Å². The standard InChI is InChI=1S/C19H7F9O4S/c20-12-11(19(27,28)17(24)18(25)26)13(21)15(23)16(14(12)22)32-10-6-8(33(29,30)31)5-7-3-1-2-4-9(7)10/h1-6H,(H,29,30,31). The summed E-state index contributed by atoms with van der Waals surface area (Å²) < 4.78 is 159. The van der Waals surface area contributed by atoms with Gasteiger partial charge in [-0.2, -0.15) is 39.2 Å². The Morgan fingerprint density at radius 3 is 1.94 bits per heavy atom. The van der Waals surface area contributed by atoms with E-state index >= 15 is 0 Å². The number of halogens is 9. The van der Waals surface area contributed by atoms with E-state index in [9.17, 15) is 52.5 Å². The molecule has 0 spiro atoms. The van der Waals surface area contributed by atoms with Gasteiger partial charge in [-0.1, -0.05) is 24.3 Å². The van der Waals surface area contributed by atoms with E-state index in [1.807, 2.05) is 0 Å². The molecule has 33 heavy (non-hydrogen) atoms. The van der Waals surface area contributed by atoms with Gasteiger partial charge in [0.2, 0.25) is 23.2 Å². The van der Waals surface area contributed by atoms with Gasteiger partial charge in [-0.15, -0.1) is 0 Å². The molecule has 1 N–H and O–H groups in total. The minimum Gasteiger partial charge on any atom is -0.450 e. The lowest BCUT2D eigenvalue weighted by atomic mass is 10.0. The van der Waals surface area contributed by atoms with Gasteiger partial charge in [0.05, 0.1) is 4.90 Å². The van der Waals surface area contributed by atoms with Crippen molar-refractivity contribution in [3.63, 3.8) is 0 Å². The molecular weight excluding hydrogens is 495 g/mol. The first-order valence-corrected chi connectivity index (χ1v) is 9.75. The largest absolute Gasteiger partial charge is 0.450 e. The zero-order valence-electron chi connectivity index (χ0n) is 15.4. The molecule has 176 valence electrons. The van der Waals surface area contributed by atoms with Gasteiger partial charge < -0.3 is 4.74 Å². The van der Waals surface area contributed by atoms with Gasteiger partial charge in [0, 0.05) is 11.5 Å². The summed E-state index contributed by atoms with van der Waals surface area (Å²) in [6.07, 6.45) is -3.69. The number of hydrogen-bond acceptors (Lipinski definition) is 3. The molecule has 0 fully saturated rings. The maximum absolute atomic E-state index is 14.4. The summed E-state index contributed by atoms with van der Waals surface area (Å²) in [5.41, 5.74) is -2.98. The molecule has 3 rings (SSSR count). The summed E-state index contributed by atoms with van der Waals surface area (Å²) in [5.74, 6) is -23.4. The normalized spacial score (nSPS) is 12.2. The Morgan fingerprint density at radius 2 is 1.42 bits per heavy atom. The van der Waals surface area contributed by atoms with Crippen LogP contribution in [0.1, 0.15) is 5.56 Å². The Labute approximate surface area is 178 Å². The monoisotopic (exact) mass is 502 g/mol. The SMILES string of the molecule is O=S(=O)(O)c1cc(Oc2c(F)c(F)c(C(F)(F)C(F)=C(F)F)c(F)c2F)c2ccccc2c1. The third-order valence-electron chi connectivity index (χ3n) is 4.29. The molecule has 0 unspecified atom stereocenters. The summed E-state index contributed by atoms with van der Waals surface area (Å²) in [7, 11) is -4.92. The number of ether oxygens (including phenoxy) is 1. The number of rotatable bonds is 5. The molecule has 0 saturated carbocycles. The highest BCUT2D eigenvalue weighted by atomic mass is 32.2. The van der Waals surface area contributed by atoms with Crippen LogP contribution >= 0.6 is 0 Å². The molecule has 0 aliphatic rings. The van der Waals surface area contributed by atoms with Gasteiger partial charge >= 0.3 is 12.0 Å². The number of benzene rings is 3. The van der Waals surface area contributed by atoms with Crippen molar-refractivity contribution in [2.24, 2.45) is 0 Å². The van der Waals surface area contributed by atoms with Gasteiger partial charge in [0.15, 0.2) is 11.6 Å². The van der Waals surface area contributed by atoms with E-state index in [-0.39, 0.29) is 10.8 Å². The van der Waals surface area contributed by atoms with Crippen molar-refractivity contribution in [2.75, 3.05) is 0 Å². The number of alkyl halides is 2. The molecule has 0 radical (unpaired) electrons. The predicted molar refractivity (Wildman–Crippen MR) is 94.4 cm³/mol. The van der Waals surface area contributed by atoms with Crippen LogP contribution in [0.2, 0.25) is 0 Å². The number of allylic oxidation sites excluding steroid dienone is 1. The first-order chi connectivity index (χ1) is 15.2. The van der Waals surface area contributed by atoms with Crippen LogP contribution in [-0.2, 0) is 16.0 Å². The summed E-state index contributed by atoms with van der Waals surface area (Å²) in [6.45, 7) is 0. The van der Waals surface area contributed by atoms with E-state index in [1.54, 1.807) is 0 Å². The third kappa shape index (κ3) is 4.23. The van der Waals surface area contributed by atoms with E-state index in [1.165, 1.54) is 24.3 Å². The maximum atomic E-state index is 14.4. The fraction of sp³-hybridized carbons (Fsp3) is 0.0526. The maximum Gasteiger partial charge on any atom is 0.335 e. The second-order valence-corrected chi connectivity index (χ2v) is 7.75. The lowest BCUT2D eigenvalue weighted by molar-refractivity contribution is -0.00242. The minimum absolute atomic E-state index is 0.00170. The average molecular weight is 502 g/mol. The molecule has 0 aliphatic heterocycles. The molecule has 0 aromatic heterocycles. The van der Waals surface area contributed by atoms with Crippen LogP contribution in [0.3, 0.4) is 0 Å². The smallest absolute Gasteiger partial charge is 0.335 e. The van der Waals surface area contributed by atoms with Crippen LogP contribution in [0.25, 0.3) is 10.8 Å². The second kappa shape index (κ2) is 8.26. The second-order valence-electron chi connectivity index (χ2n) is 6.33. The van der Waals surface area contributed by atoms with E-state index in [2.05, 4.69) is 0 Å². The van der Waals surface area contributed by atoms with Crippen molar-refractivity contribution in [2.45, 2.75) is 10.8 Å². The third-order valence-corrected chi connectivity index (χ3v) is 5.12. The first-order valence-electron chi connectivity index (χ1n) is 8.31. The first kappa shape index (κ1) is 24.4. The molecular formula is C19H7F9O4S. The average Bonchev–Trinajstić information content (AvgIpc) is 2.73. The molecule has 0 heterocycles. The van der Waals surface area contributed by atoms with Crippen LogP contribution in [0.4, 0.5) is 39.5 Å². The highest BCUT2D eigenvalue weighted by Gasteiger charge is 2.48. The molecule has 4 nitrogen and oxygen atoms in total. The van der Waals surface area contributed by atoms with Gasteiger partial charge in [-0.25, -0.2) is 8.78 Å². The zero-order chi connectivity index (χ0) is 24.9. The Morgan fingerprint density at radius 1 is 0.879 bits per heavy atom. The quantitative estimate of drug-likeness (QED) is 0.243. The van der Waals surface area contributed by atoms with Crippen molar-refractivity contribution in [1.82, 2.24) is 0 Å². The van der Waals surface area contributed by atoms with Gasteiger partial charge in [-0.3, -0.25) is 4.55 Å². The summed E-state index contributed by atoms with van der Waals surface area (Å²) in [5, 5.41) is -0.106. The molecule has 0 saturated heterocycles. The number of hydrogen-bond donors (Lipinski definition) is 1. The Bertz CT molecular complexity index is 1390. The van der Waals surface area contributed by atoms with Crippen molar-refractivity contribution < 1.29 is 57.2 Å². The lowest BCUT2D eigenvalue weighted by Crippen LogP contribution is -2.22. The van der Waals surface area contributed by atoms with E-state index in [0.717, 1.165) is 6.07 Å². The van der Waals surface area contributed by atoms with Crippen LogP contribution in [0.15, 0.2) is 53.2 Å². The van der Waals surface area contributed by atoms with Crippen LogP contribution < -0.4 is 4.74 Å². The zero-order valence-corrected chi connectivity index (χ0v) is 16.3. The fourth-order valence-corrected chi connectivity index (χ4v) is 3.33. The summed E-state index contributed by atoms with van der Waals surface area (Å²) in [6, 6.07) is 6.60. The molecule has 3 aromatic carbocycles. The fourth-order valence-electron chi connectivity index (χ4n) is 2.80. The highest BCUT2D eigenvalue weighted by molar-refractivity contribution is 7.85. The Kier molecular flexibility index (Phi) is 6.10. The van der Waals surface area contributed by atoms with E-state index < -0.39 is 73.2 Å². The molecule has 0 atom stereocenters. The molecule has 0 bridgehead atoms. The van der Waals surface area contributed by atoms with E-state index in [0.29, 0.717) is 6.07 Å².